The Hall–Kier alpha value is -1.75. The summed E-state index contributed by atoms with van der Waals surface area (Å²) in [7, 11) is 0. The maximum Gasteiger partial charge on any atom is 0.141 e. The van der Waals surface area contributed by atoms with Crippen LogP contribution >= 0.6 is 12.2 Å². The second-order valence-electron chi connectivity index (χ2n) is 3.88. The number of rotatable bonds is 3. The zero-order valence-electron chi connectivity index (χ0n) is 9.79. The Morgan fingerprint density at radius 3 is 2.94 bits per heavy atom. The first-order valence-corrected chi connectivity index (χ1v) is 5.81. The molecule has 0 amide bonds. The van der Waals surface area contributed by atoms with Gasteiger partial charge < -0.3 is 10.2 Å². The second-order valence-corrected chi connectivity index (χ2v) is 4.11. The largest absolute Gasteiger partial charge is 0.358 e. The van der Waals surface area contributed by atoms with E-state index in [0.717, 1.165) is 11.5 Å². The predicted molar refractivity (Wildman–Crippen MR) is 74.4 cm³/mol. The van der Waals surface area contributed by atoms with Gasteiger partial charge in [0.2, 0.25) is 0 Å². The maximum absolute atomic E-state index is 4.82. The van der Waals surface area contributed by atoms with Gasteiger partial charge in [0, 0.05) is 24.3 Å². The van der Waals surface area contributed by atoms with E-state index in [-0.39, 0.29) is 6.17 Å². The SMILES string of the molecule is Cc1cc(C)nc(N2C=CN=CC2NC=S)c1. The van der Waals surface area contributed by atoms with Gasteiger partial charge in [-0.3, -0.25) is 4.99 Å². The van der Waals surface area contributed by atoms with Crippen LogP contribution in [0, 0.1) is 13.8 Å². The molecule has 0 radical (unpaired) electrons. The third-order valence-electron chi connectivity index (χ3n) is 2.43. The van der Waals surface area contributed by atoms with E-state index in [0.29, 0.717) is 0 Å². The van der Waals surface area contributed by atoms with E-state index < -0.39 is 0 Å². The number of aryl methyl sites for hydroxylation is 2. The second kappa shape index (κ2) is 5.05. The molecule has 1 N–H and O–H groups in total. The maximum atomic E-state index is 4.82. The Kier molecular flexibility index (Phi) is 3.49. The van der Waals surface area contributed by atoms with Crippen molar-refractivity contribution in [3.05, 3.63) is 35.8 Å². The van der Waals surface area contributed by atoms with Crippen LogP contribution in [0.2, 0.25) is 0 Å². The van der Waals surface area contributed by atoms with Crippen LogP contribution < -0.4 is 10.2 Å². The molecule has 0 spiro atoms. The first-order chi connectivity index (χ1) is 8.20. The molecular formula is C12H14N4S. The monoisotopic (exact) mass is 246 g/mol. The third-order valence-corrected chi connectivity index (χ3v) is 2.56. The van der Waals surface area contributed by atoms with E-state index in [9.17, 15) is 0 Å². The molecule has 1 aliphatic heterocycles. The van der Waals surface area contributed by atoms with Crippen LogP contribution in [0.4, 0.5) is 5.82 Å². The first-order valence-electron chi connectivity index (χ1n) is 5.34. The van der Waals surface area contributed by atoms with E-state index in [1.807, 2.05) is 30.2 Å². The van der Waals surface area contributed by atoms with Gasteiger partial charge in [-0.2, -0.15) is 0 Å². The summed E-state index contributed by atoms with van der Waals surface area (Å²) in [6, 6.07) is 4.08. The zero-order valence-corrected chi connectivity index (χ0v) is 10.6. The van der Waals surface area contributed by atoms with Crippen molar-refractivity contribution in [3.63, 3.8) is 0 Å². The smallest absolute Gasteiger partial charge is 0.141 e. The Bertz CT molecular complexity index is 461. The fourth-order valence-corrected chi connectivity index (χ4v) is 1.91. The molecule has 1 atom stereocenters. The lowest BCUT2D eigenvalue weighted by atomic mass is 10.2. The number of hydrogen-bond donors (Lipinski definition) is 1. The van der Waals surface area contributed by atoms with Gasteiger partial charge in [0.15, 0.2) is 0 Å². The minimum absolute atomic E-state index is 0.0776. The number of pyridine rings is 1. The molecular weight excluding hydrogens is 232 g/mol. The molecule has 4 nitrogen and oxygen atoms in total. The minimum atomic E-state index is -0.0776. The number of nitrogens with zero attached hydrogens (tertiary/aromatic N) is 3. The summed E-state index contributed by atoms with van der Waals surface area (Å²) in [5, 5.41) is 3.05. The number of anilines is 1. The molecule has 1 aromatic heterocycles. The van der Waals surface area contributed by atoms with Crippen LogP contribution in [-0.2, 0) is 0 Å². The van der Waals surface area contributed by atoms with E-state index in [1.54, 1.807) is 12.4 Å². The lowest BCUT2D eigenvalue weighted by molar-refractivity contribution is 0.771. The Balaban J connectivity index is 2.33. The molecule has 1 aromatic rings. The highest BCUT2D eigenvalue weighted by molar-refractivity contribution is 7.78. The number of aromatic nitrogens is 1. The molecule has 5 heteroatoms. The molecule has 0 aliphatic carbocycles. The standard InChI is InChI=1S/C12H14N4S/c1-9-5-10(2)15-11(6-9)16-4-3-13-7-12(16)14-8-17/h3-8,12H,1-2H3,(H,14,17). The molecule has 1 aliphatic rings. The normalized spacial score (nSPS) is 18.2. The van der Waals surface area contributed by atoms with Crippen molar-refractivity contribution in [2.45, 2.75) is 20.0 Å². The molecule has 0 saturated heterocycles. The Labute approximate surface area is 106 Å². The average molecular weight is 246 g/mol. The number of hydrogen-bond acceptors (Lipinski definition) is 4. The van der Waals surface area contributed by atoms with Gasteiger partial charge in [-0.15, -0.1) is 0 Å². The van der Waals surface area contributed by atoms with Crippen LogP contribution in [0.15, 0.2) is 29.5 Å². The summed E-state index contributed by atoms with van der Waals surface area (Å²) in [6.07, 6.45) is 5.34. The van der Waals surface area contributed by atoms with E-state index >= 15 is 0 Å². The van der Waals surface area contributed by atoms with Crippen molar-refractivity contribution in [3.8, 4) is 0 Å². The minimum Gasteiger partial charge on any atom is -0.358 e. The number of aliphatic imine (C=N–C) groups is 1. The third kappa shape index (κ3) is 2.68. The fourth-order valence-electron chi connectivity index (χ4n) is 1.77. The van der Waals surface area contributed by atoms with Crippen LogP contribution in [0.25, 0.3) is 0 Å². The van der Waals surface area contributed by atoms with Crippen LogP contribution in [0.1, 0.15) is 11.3 Å². The van der Waals surface area contributed by atoms with Gasteiger partial charge in [0.05, 0.1) is 5.49 Å². The highest BCUT2D eigenvalue weighted by Gasteiger charge is 2.17. The summed E-state index contributed by atoms with van der Waals surface area (Å²) in [4.78, 5) is 10.6. The van der Waals surface area contributed by atoms with Crippen molar-refractivity contribution in [2.24, 2.45) is 4.99 Å². The molecule has 1 unspecified atom stereocenters. The highest BCUT2D eigenvalue weighted by atomic mass is 32.1. The molecule has 2 heterocycles. The van der Waals surface area contributed by atoms with Gasteiger partial charge >= 0.3 is 0 Å². The van der Waals surface area contributed by atoms with Gasteiger partial charge in [0.25, 0.3) is 0 Å². The van der Waals surface area contributed by atoms with Crippen LogP contribution in [-0.4, -0.2) is 22.9 Å². The first kappa shape index (κ1) is 11.7. The number of thiocarbonyl (C=S) groups is 1. The highest BCUT2D eigenvalue weighted by Crippen LogP contribution is 2.17. The molecule has 0 saturated carbocycles. The van der Waals surface area contributed by atoms with Crippen molar-refractivity contribution in [2.75, 3.05) is 4.90 Å². The molecule has 0 bridgehead atoms. The molecule has 88 valence electrons. The summed E-state index contributed by atoms with van der Waals surface area (Å²) >= 11 is 4.82. The van der Waals surface area contributed by atoms with Crippen molar-refractivity contribution < 1.29 is 0 Å². The number of nitrogens with one attached hydrogen (secondary N) is 1. The van der Waals surface area contributed by atoms with Crippen molar-refractivity contribution >= 4 is 29.7 Å². The van der Waals surface area contributed by atoms with Crippen molar-refractivity contribution in [1.82, 2.24) is 10.3 Å². The molecule has 0 fully saturated rings. The van der Waals surface area contributed by atoms with Crippen molar-refractivity contribution in [1.29, 1.82) is 0 Å². The topological polar surface area (TPSA) is 40.5 Å². The average Bonchev–Trinajstić information content (AvgIpc) is 2.29. The summed E-state index contributed by atoms with van der Waals surface area (Å²) in [5.74, 6) is 0.888. The Morgan fingerprint density at radius 2 is 2.24 bits per heavy atom. The van der Waals surface area contributed by atoms with Gasteiger partial charge in [0.1, 0.15) is 12.0 Å². The zero-order chi connectivity index (χ0) is 12.3. The Morgan fingerprint density at radius 1 is 1.41 bits per heavy atom. The van der Waals surface area contributed by atoms with Gasteiger partial charge in [-0.1, -0.05) is 12.2 Å². The van der Waals surface area contributed by atoms with Crippen LogP contribution in [0.3, 0.4) is 0 Å². The lowest BCUT2D eigenvalue weighted by Gasteiger charge is -2.28. The molecule has 2 rings (SSSR count). The summed E-state index contributed by atoms with van der Waals surface area (Å²) in [5.41, 5.74) is 3.67. The van der Waals surface area contributed by atoms with E-state index in [1.165, 1.54) is 11.1 Å². The van der Waals surface area contributed by atoms with E-state index in [4.69, 9.17) is 12.2 Å². The van der Waals surface area contributed by atoms with E-state index in [2.05, 4.69) is 22.2 Å². The van der Waals surface area contributed by atoms with Gasteiger partial charge in [-0.25, -0.2) is 4.98 Å². The molecule has 17 heavy (non-hydrogen) atoms. The van der Waals surface area contributed by atoms with Crippen LogP contribution in [0.5, 0.6) is 0 Å². The molecule has 0 aromatic carbocycles. The lowest BCUT2D eigenvalue weighted by Crippen LogP contribution is -2.45. The summed E-state index contributed by atoms with van der Waals surface area (Å²) < 4.78 is 0. The predicted octanol–water partition coefficient (Wildman–Crippen LogP) is 1.93. The quantitative estimate of drug-likeness (QED) is 0.827. The fraction of sp³-hybridized carbons (Fsp3) is 0.250. The summed E-state index contributed by atoms with van der Waals surface area (Å²) in [6.45, 7) is 4.04. The van der Waals surface area contributed by atoms with Gasteiger partial charge in [-0.05, 0) is 31.5 Å².